The van der Waals surface area contributed by atoms with Gasteiger partial charge in [0.25, 0.3) is 5.56 Å². The number of aromatic amines is 1. The number of aryl methyl sites for hydroxylation is 2. The maximum absolute atomic E-state index is 13.1. The number of nitrogens with zero attached hydrogens (tertiary/aromatic N) is 1. The molecule has 17 heavy (non-hydrogen) atoms. The van der Waals surface area contributed by atoms with Crippen LogP contribution in [0.4, 0.5) is 8.78 Å². The third kappa shape index (κ3) is 2.08. The van der Waals surface area contributed by atoms with E-state index in [1.807, 2.05) is 0 Å². The van der Waals surface area contributed by atoms with Crippen molar-refractivity contribution in [2.75, 3.05) is 0 Å². The lowest BCUT2D eigenvalue weighted by molar-refractivity contribution is 0.589. The number of hydrogen-bond donors (Lipinski definition) is 1. The van der Waals surface area contributed by atoms with Gasteiger partial charge >= 0.3 is 0 Å². The number of rotatable bonds is 1. The molecule has 0 aliphatic rings. The number of hydrogen-bond acceptors (Lipinski definition) is 2. The standard InChI is InChI=1S/C12H10F2N2O/c1-6-5-8(13)3-4-9(6)11-15-7(2)10(14)12(17)16-11/h3-5H,1-2H3,(H,15,16,17). The minimum atomic E-state index is -0.895. The molecule has 1 heterocycles. The summed E-state index contributed by atoms with van der Waals surface area (Å²) >= 11 is 0. The van der Waals surface area contributed by atoms with Gasteiger partial charge < -0.3 is 4.98 Å². The Labute approximate surface area is 96.2 Å². The minimum absolute atomic E-state index is 0.0208. The Kier molecular flexibility index (Phi) is 2.75. The molecule has 0 atom stereocenters. The molecule has 0 saturated carbocycles. The van der Waals surface area contributed by atoms with Crippen molar-refractivity contribution in [3.8, 4) is 11.4 Å². The van der Waals surface area contributed by atoms with Crippen molar-refractivity contribution in [3.05, 3.63) is 51.4 Å². The first kappa shape index (κ1) is 11.4. The quantitative estimate of drug-likeness (QED) is 0.826. The molecule has 0 bridgehead atoms. The average Bonchev–Trinajstić information content (AvgIpc) is 2.25. The molecule has 0 fully saturated rings. The molecule has 1 aromatic carbocycles. The number of nitrogens with one attached hydrogen (secondary N) is 1. The van der Waals surface area contributed by atoms with Gasteiger partial charge in [0, 0.05) is 5.56 Å². The maximum Gasteiger partial charge on any atom is 0.287 e. The first-order valence-electron chi connectivity index (χ1n) is 5.02. The smallest absolute Gasteiger partial charge is 0.287 e. The SMILES string of the molecule is Cc1cc(F)ccc1-c1nc(C)c(F)c(=O)[nH]1. The van der Waals surface area contributed by atoms with Gasteiger partial charge in [0.05, 0.1) is 5.69 Å². The summed E-state index contributed by atoms with van der Waals surface area (Å²) in [5, 5.41) is 0. The molecule has 1 aromatic heterocycles. The summed E-state index contributed by atoms with van der Waals surface area (Å²) in [6, 6.07) is 4.09. The summed E-state index contributed by atoms with van der Waals surface area (Å²) in [4.78, 5) is 17.5. The number of benzene rings is 1. The van der Waals surface area contributed by atoms with Gasteiger partial charge in [-0.3, -0.25) is 4.79 Å². The third-order valence-electron chi connectivity index (χ3n) is 2.47. The first-order chi connectivity index (χ1) is 7.99. The molecular weight excluding hydrogens is 226 g/mol. The molecule has 0 spiro atoms. The van der Waals surface area contributed by atoms with E-state index in [9.17, 15) is 13.6 Å². The van der Waals surface area contributed by atoms with Crippen LogP contribution in [0.2, 0.25) is 0 Å². The molecule has 1 N–H and O–H groups in total. The first-order valence-corrected chi connectivity index (χ1v) is 5.02. The van der Waals surface area contributed by atoms with Crippen LogP contribution in [0, 0.1) is 25.5 Å². The largest absolute Gasteiger partial charge is 0.304 e. The van der Waals surface area contributed by atoms with Crippen molar-refractivity contribution in [3.63, 3.8) is 0 Å². The monoisotopic (exact) mass is 236 g/mol. The highest BCUT2D eigenvalue weighted by atomic mass is 19.1. The second-order valence-electron chi connectivity index (χ2n) is 3.77. The topological polar surface area (TPSA) is 45.8 Å². The van der Waals surface area contributed by atoms with E-state index in [0.717, 1.165) is 0 Å². The fourth-order valence-corrected chi connectivity index (χ4v) is 1.59. The lowest BCUT2D eigenvalue weighted by Gasteiger charge is -2.06. The van der Waals surface area contributed by atoms with Crippen LogP contribution < -0.4 is 5.56 Å². The molecular formula is C12H10F2N2O. The highest BCUT2D eigenvalue weighted by molar-refractivity contribution is 5.59. The second-order valence-corrected chi connectivity index (χ2v) is 3.77. The van der Waals surface area contributed by atoms with Crippen molar-refractivity contribution < 1.29 is 8.78 Å². The fraction of sp³-hybridized carbons (Fsp3) is 0.167. The van der Waals surface area contributed by atoms with E-state index in [2.05, 4.69) is 9.97 Å². The van der Waals surface area contributed by atoms with Crippen LogP contribution in [0.15, 0.2) is 23.0 Å². The van der Waals surface area contributed by atoms with Crippen molar-refractivity contribution in [2.24, 2.45) is 0 Å². The van der Waals surface area contributed by atoms with Gasteiger partial charge in [0.2, 0.25) is 5.82 Å². The summed E-state index contributed by atoms with van der Waals surface area (Å²) < 4.78 is 26.1. The normalized spacial score (nSPS) is 10.6. The lowest BCUT2D eigenvalue weighted by Crippen LogP contribution is -2.15. The fourth-order valence-electron chi connectivity index (χ4n) is 1.59. The zero-order valence-electron chi connectivity index (χ0n) is 9.34. The van der Waals surface area contributed by atoms with E-state index in [-0.39, 0.29) is 17.3 Å². The summed E-state index contributed by atoms with van der Waals surface area (Å²) in [5.41, 5.74) is 0.398. The lowest BCUT2D eigenvalue weighted by atomic mass is 10.1. The summed E-state index contributed by atoms with van der Waals surface area (Å²) in [5.74, 6) is -1.02. The highest BCUT2D eigenvalue weighted by Crippen LogP contribution is 2.20. The van der Waals surface area contributed by atoms with Crippen LogP contribution in [0.5, 0.6) is 0 Å². The Bertz CT molecular complexity index is 635. The van der Waals surface area contributed by atoms with Crippen molar-refractivity contribution in [1.29, 1.82) is 0 Å². The van der Waals surface area contributed by atoms with Crippen LogP contribution in [0.3, 0.4) is 0 Å². The van der Waals surface area contributed by atoms with Gasteiger partial charge in [-0.2, -0.15) is 4.39 Å². The van der Waals surface area contributed by atoms with Crippen LogP contribution >= 0.6 is 0 Å². The van der Waals surface area contributed by atoms with Crippen molar-refractivity contribution in [1.82, 2.24) is 9.97 Å². The molecule has 88 valence electrons. The van der Waals surface area contributed by atoms with E-state index in [1.165, 1.54) is 25.1 Å². The zero-order chi connectivity index (χ0) is 12.6. The molecule has 2 aromatic rings. The van der Waals surface area contributed by atoms with E-state index < -0.39 is 11.4 Å². The summed E-state index contributed by atoms with van der Waals surface area (Å²) in [6.07, 6.45) is 0. The number of H-pyrrole nitrogens is 1. The third-order valence-corrected chi connectivity index (χ3v) is 2.47. The molecule has 0 aliphatic heterocycles. The van der Waals surface area contributed by atoms with Gasteiger partial charge in [-0.25, -0.2) is 9.37 Å². The number of aromatic nitrogens is 2. The van der Waals surface area contributed by atoms with Crippen molar-refractivity contribution >= 4 is 0 Å². The van der Waals surface area contributed by atoms with Crippen LogP contribution in [-0.4, -0.2) is 9.97 Å². The Balaban J connectivity index is 2.65. The Hall–Kier alpha value is -2.04. The summed E-state index contributed by atoms with van der Waals surface area (Å²) in [6.45, 7) is 3.10. The second kappa shape index (κ2) is 4.08. The molecule has 3 nitrogen and oxygen atoms in total. The average molecular weight is 236 g/mol. The maximum atomic E-state index is 13.1. The van der Waals surface area contributed by atoms with Gasteiger partial charge in [-0.05, 0) is 37.6 Å². The van der Waals surface area contributed by atoms with Gasteiger partial charge in [0.1, 0.15) is 11.6 Å². The molecule has 5 heteroatoms. The van der Waals surface area contributed by atoms with Crippen molar-refractivity contribution in [2.45, 2.75) is 13.8 Å². The highest BCUT2D eigenvalue weighted by Gasteiger charge is 2.10. The Morgan fingerprint density at radius 2 is 1.94 bits per heavy atom. The molecule has 0 amide bonds. The molecule has 2 rings (SSSR count). The zero-order valence-corrected chi connectivity index (χ0v) is 9.34. The Morgan fingerprint density at radius 3 is 2.53 bits per heavy atom. The number of halogens is 2. The van der Waals surface area contributed by atoms with Gasteiger partial charge in [-0.1, -0.05) is 0 Å². The predicted octanol–water partition coefficient (Wildman–Crippen LogP) is 2.33. The summed E-state index contributed by atoms with van der Waals surface area (Å²) in [7, 11) is 0. The predicted molar refractivity (Wildman–Crippen MR) is 59.7 cm³/mol. The molecule has 0 aliphatic carbocycles. The van der Waals surface area contributed by atoms with E-state index in [0.29, 0.717) is 11.1 Å². The van der Waals surface area contributed by atoms with E-state index in [1.54, 1.807) is 6.92 Å². The van der Waals surface area contributed by atoms with Crippen LogP contribution in [0.25, 0.3) is 11.4 Å². The van der Waals surface area contributed by atoms with E-state index in [4.69, 9.17) is 0 Å². The van der Waals surface area contributed by atoms with Crippen LogP contribution in [-0.2, 0) is 0 Å². The molecule has 0 radical (unpaired) electrons. The Morgan fingerprint density at radius 1 is 1.24 bits per heavy atom. The molecule has 0 saturated heterocycles. The van der Waals surface area contributed by atoms with Gasteiger partial charge in [-0.15, -0.1) is 0 Å². The molecule has 0 unspecified atom stereocenters. The van der Waals surface area contributed by atoms with E-state index >= 15 is 0 Å². The minimum Gasteiger partial charge on any atom is -0.304 e. The van der Waals surface area contributed by atoms with Gasteiger partial charge in [0.15, 0.2) is 0 Å². The van der Waals surface area contributed by atoms with Crippen LogP contribution in [0.1, 0.15) is 11.3 Å².